The number of hydrogen-bond donors (Lipinski definition) is 1. The molecule has 0 atom stereocenters. The van der Waals surface area contributed by atoms with E-state index in [1.54, 1.807) is 18.2 Å². The predicted molar refractivity (Wildman–Crippen MR) is 64.8 cm³/mol. The molecule has 2 rings (SSSR count). The molecule has 0 fully saturated rings. The number of nitrogens with zero attached hydrogens (tertiary/aromatic N) is 2. The Balaban J connectivity index is 2.48. The number of carboxylic acid groups (broad SMARTS) is 1. The molecular formula is C12H7ClN2O3. The maximum absolute atomic E-state index is 10.8. The van der Waals surface area contributed by atoms with Crippen molar-refractivity contribution in [1.29, 1.82) is 0 Å². The molecule has 0 amide bonds. The fourth-order valence-electron chi connectivity index (χ4n) is 1.41. The van der Waals surface area contributed by atoms with E-state index < -0.39 is 5.97 Å². The highest BCUT2D eigenvalue weighted by Gasteiger charge is 2.09. The van der Waals surface area contributed by atoms with E-state index in [2.05, 4.69) is 9.97 Å². The van der Waals surface area contributed by atoms with Crippen LogP contribution in [0.2, 0.25) is 5.02 Å². The van der Waals surface area contributed by atoms with Crippen molar-refractivity contribution in [2.24, 2.45) is 0 Å². The molecule has 1 aromatic carbocycles. The van der Waals surface area contributed by atoms with Crippen LogP contribution < -0.4 is 0 Å². The smallest absolute Gasteiger partial charge is 0.354 e. The Hall–Kier alpha value is -2.27. The summed E-state index contributed by atoms with van der Waals surface area (Å²) in [5.41, 5.74) is 1.32. The molecule has 0 aliphatic heterocycles. The van der Waals surface area contributed by atoms with Crippen LogP contribution in [0.4, 0.5) is 0 Å². The number of benzene rings is 1. The van der Waals surface area contributed by atoms with E-state index in [9.17, 15) is 9.59 Å². The standard InChI is InChI=1S/C12H7ClN2O3/c13-9-3-7(1-2-8(9)5-16)10-4-11(12(17)18)15-6-14-10/h1-6H,(H,17,18). The zero-order chi connectivity index (χ0) is 13.1. The molecule has 0 saturated heterocycles. The summed E-state index contributed by atoms with van der Waals surface area (Å²) in [6, 6.07) is 6.09. The number of rotatable bonds is 3. The van der Waals surface area contributed by atoms with E-state index in [-0.39, 0.29) is 10.7 Å². The average Bonchev–Trinajstić information content (AvgIpc) is 2.38. The lowest BCUT2D eigenvalue weighted by molar-refractivity contribution is 0.0690. The van der Waals surface area contributed by atoms with E-state index >= 15 is 0 Å². The highest BCUT2D eigenvalue weighted by atomic mass is 35.5. The third kappa shape index (κ3) is 2.36. The molecular weight excluding hydrogens is 256 g/mol. The first-order valence-electron chi connectivity index (χ1n) is 4.92. The normalized spacial score (nSPS) is 10.1. The van der Waals surface area contributed by atoms with Crippen molar-refractivity contribution in [3.8, 4) is 11.3 Å². The summed E-state index contributed by atoms with van der Waals surface area (Å²) < 4.78 is 0. The summed E-state index contributed by atoms with van der Waals surface area (Å²) in [4.78, 5) is 29.0. The van der Waals surface area contributed by atoms with Crippen molar-refractivity contribution in [2.75, 3.05) is 0 Å². The molecule has 90 valence electrons. The second kappa shape index (κ2) is 4.93. The van der Waals surface area contributed by atoms with Crippen molar-refractivity contribution < 1.29 is 14.7 Å². The van der Waals surface area contributed by atoms with E-state index in [4.69, 9.17) is 16.7 Å². The highest BCUT2D eigenvalue weighted by molar-refractivity contribution is 6.33. The number of halogens is 1. The first kappa shape index (κ1) is 12.2. The summed E-state index contributed by atoms with van der Waals surface area (Å²) in [5, 5.41) is 9.12. The minimum Gasteiger partial charge on any atom is -0.477 e. The molecule has 5 nitrogen and oxygen atoms in total. The van der Waals surface area contributed by atoms with Crippen molar-refractivity contribution in [1.82, 2.24) is 9.97 Å². The van der Waals surface area contributed by atoms with Gasteiger partial charge in [-0.25, -0.2) is 14.8 Å². The van der Waals surface area contributed by atoms with Crippen LogP contribution in [-0.4, -0.2) is 27.3 Å². The lowest BCUT2D eigenvalue weighted by Crippen LogP contribution is -2.01. The molecule has 0 bridgehead atoms. The van der Waals surface area contributed by atoms with Crippen LogP contribution in [0.15, 0.2) is 30.6 Å². The Labute approximate surface area is 107 Å². The third-order valence-corrected chi connectivity index (χ3v) is 2.64. The van der Waals surface area contributed by atoms with Gasteiger partial charge in [-0.2, -0.15) is 0 Å². The Morgan fingerprint density at radius 1 is 1.28 bits per heavy atom. The van der Waals surface area contributed by atoms with E-state index in [1.807, 2.05) is 0 Å². The zero-order valence-corrected chi connectivity index (χ0v) is 9.76. The first-order valence-corrected chi connectivity index (χ1v) is 5.30. The van der Waals surface area contributed by atoms with Gasteiger partial charge in [-0.1, -0.05) is 17.7 Å². The SMILES string of the molecule is O=Cc1ccc(-c2cc(C(=O)O)ncn2)cc1Cl. The largest absolute Gasteiger partial charge is 0.477 e. The van der Waals surface area contributed by atoms with Gasteiger partial charge in [0.05, 0.1) is 10.7 Å². The van der Waals surface area contributed by atoms with Crippen molar-refractivity contribution in [3.05, 3.63) is 46.9 Å². The van der Waals surface area contributed by atoms with Crippen LogP contribution in [0.1, 0.15) is 20.8 Å². The van der Waals surface area contributed by atoms with Gasteiger partial charge in [0.25, 0.3) is 0 Å². The van der Waals surface area contributed by atoms with Gasteiger partial charge in [0.15, 0.2) is 12.0 Å². The molecule has 1 aromatic heterocycles. The molecule has 18 heavy (non-hydrogen) atoms. The quantitative estimate of drug-likeness (QED) is 0.859. The van der Waals surface area contributed by atoms with Crippen molar-refractivity contribution >= 4 is 23.9 Å². The average molecular weight is 263 g/mol. The van der Waals surface area contributed by atoms with Gasteiger partial charge in [-0.15, -0.1) is 0 Å². The second-order valence-corrected chi connectivity index (χ2v) is 3.85. The Morgan fingerprint density at radius 3 is 2.67 bits per heavy atom. The predicted octanol–water partition coefficient (Wildman–Crippen LogP) is 2.31. The molecule has 0 spiro atoms. The molecule has 0 unspecified atom stereocenters. The number of hydrogen-bond acceptors (Lipinski definition) is 4. The summed E-state index contributed by atoms with van der Waals surface area (Å²) in [5.74, 6) is -1.13. The number of aromatic nitrogens is 2. The number of aromatic carboxylic acids is 1. The van der Waals surface area contributed by atoms with Crippen LogP contribution in [0, 0.1) is 0 Å². The third-order valence-electron chi connectivity index (χ3n) is 2.31. The van der Waals surface area contributed by atoms with E-state index in [0.717, 1.165) is 0 Å². The van der Waals surface area contributed by atoms with Gasteiger partial charge in [0.2, 0.25) is 0 Å². The maximum atomic E-state index is 10.8. The molecule has 0 aliphatic rings. The lowest BCUT2D eigenvalue weighted by Gasteiger charge is -2.03. The Morgan fingerprint density at radius 2 is 2.06 bits per heavy atom. The zero-order valence-electron chi connectivity index (χ0n) is 9.00. The second-order valence-electron chi connectivity index (χ2n) is 3.45. The number of carbonyl (C=O) groups excluding carboxylic acids is 1. The topological polar surface area (TPSA) is 80.2 Å². The van der Waals surface area contributed by atoms with Gasteiger partial charge in [0.1, 0.15) is 6.33 Å². The molecule has 0 saturated carbocycles. The molecule has 2 aromatic rings. The molecule has 1 N–H and O–H groups in total. The van der Waals surface area contributed by atoms with Crippen LogP contribution >= 0.6 is 11.6 Å². The molecule has 1 heterocycles. The monoisotopic (exact) mass is 262 g/mol. The fraction of sp³-hybridized carbons (Fsp3) is 0. The van der Waals surface area contributed by atoms with E-state index in [1.165, 1.54) is 12.4 Å². The molecule has 0 radical (unpaired) electrons. The minimum atomic E-state index is -1.13. The molecule has 6 heteroatoms. The van der Waals surface area contributed by atoms with Crippen molar-refractivity contribution in [2.45, 2.75) is 0 Å². The summed E-state index contributed by atoms with van der Waals surface area (Å²) in [6.45, 7) is 0. The van der Waals surface area contributed by atoms with Gasteiger partial charge < -0.3 is 5.11 Å². The molecule has 0 aliphatic carbocycles. The van der Waals surface area contributed by atoms with E-state index in [0.29, 0.717) is 23.1 Å². The number of carbonyl (C=O) groups is 2. The van der Waals surface area contributed by atoms with Crippen LogP contribution in [-0.2, 0) is 0 Å². The number of aldehydes is 1. The minimum absolute atomic E-state index is 0.101. The maximum Gasteiger partial charge on any atom is 0.354 e. The van der Waals surface area contributed by atoms with Gasteiger partial charge in [-0.05, 0) is 18.2 Å². The summed E-state index contributed by atoms with van der Waals surface area (Å²) >= 11 is 5.89. The summed E-state index contributed by atoms with van der Waals surface area (Å²) in [6.07, 6.45) is 1.81. The Kier molecular flexibility index (Phi) is 3.34. The highest BCUT2D eigenvalue weighted by Crippen LogP contribution is 2.23. The van der Waals surface area contributed by atoms with Gasteiger partial charge in [-0.3, -0.25) is 4.79 Å². The van der Waals surface area contributed by atoms with Crippen LogP contribution in [0.3, 0.4) is 0 Å². The van der Waals surface area contributed by atoms with Crippen LogP contribution in [0.25, 0.3) is 11.3 Å². The van der Waals surface area contributed by atoms with Crippen LogP contribution in [0.5, 0.6) is 0 Å². The van der Waals surface area contributed by atoms with Crippen molar-refractivity contribution in [3.63, 3.8) is 0 Å². The lowest BCUT2D eigenvalue weighted by atomic mass is 10.1. The first-order chi connectivity index (χ1) is 8.61. The van der Waals surface area contributed by atoms with Gasteiger partial charge in [0, 0.05) is 11.1 Å². The van der Waals surface area contributed by atoms with Gasteiger partial charge >= 0.3 is 5.97 Å². The summed E-state index contributed by atoms with van der Waals surface area (Å²) in [7, 11) is 0. The fourth-order valence-corrected chi connectivity index (χ4v) is 1.64. The number of carboxylic acids is 1. The Bertz CT molecular complexity index is 628.